The summed E-state index contributed by atoms with van der Waals surface area (Å²) in [5.41, 5.74) is 0. The average molecular weight is 279 g/mol. The summed E-state index contributed by atoms with van der Waals surface area (Å²) in [6.07, 6.45) is 7.21. The number of Topliss-reactive ketones (excluding diaryl/α,β-unsaturated/α-hetero) is 1. The van der Waals surface area contributed by atoms with E-state index in [1.807, 2.05) is 4.90 Å². The van der Waals surface area contributed by atoms with Crippen molar-refractivity contribution in [2.45, 2.75) is 44.6 Å². The average Bonchev–Trinajstić information content (AvgIpc) is 3.09. The maximum Gasteiger partial charge on any atom is 0.267 e. The van der Waals surface area contributed by atoms with Crippen LogP contribution >= 0.6 is 11.5 Å². The molecule has 0 spiro atoms. The molecule has 2 unspecified atom stereocenters. The number of carbonyl (C=O) groups excluding carboxylic acids is 2. The molecule has 1 aliphatic carbocycles. The predicted molar refractivity (Wildman–Crippen MR) is 70.9 cm³/mol. The summed E-state index contributed by atoms with van der Waals surface area (Å²) in [5.74, 6) is 0.400. The van der Waals surface area contributed by atoms with Gasteiger partial charge in [-0.1, -0.05) is 4.49 Å². The zero-order valence-electron chi connectivity index (χ0n) is 10.7. The summed E-state index contributed by atoms with van der Waals surface area (Å²) in [4.78, 5) is 26.9. The Morgan fingerprint density at radius 1 is 1.32 bits per heavy atom. The van der Waals surface area contributed by atoms with Crippen LogP contribution in [0.25, 0.3) is 0 Å². The Morgan fingerprint density at radius 3 is 2.89 bits per heavy atom. The second-order valence-electron chi connectivity index (χ2n) is 5.31. The van der Waals surface area contributed by atoms with Crippen molar-refractivity contribution in [3.05, 3.63) is 11.1 Å². The summed E-state index contributed by atoms with van der Waals surface area (Å²) in [7, 11) is 0. The minimum Gasteiger partial charge on any atom is -0.334 e. The van der Waals surface area contributed by atoms with Crippen molar-refractivity contribution in [1.29, 1.82) is 0 Å². The highest BCUT2D eigenvalue weighted by atomic mass is 32.1. The van der Waals surface area contributed by atoms with E-state index >= 15 is 0 Å². The van der Waals surface area contributed by atoms with Gasteiger partial charge in [0, 0.05) is 24.9 Å². The van der Waals surface area contributed by atoms with E-state index in [9.17, 15) is 9.59 Å². The van der Waals surface area contributed by atoms with E-state index < -0.39 is 0 Å². The van der Waals surface area contributed by atoms with Gasteiger partial charge in [0.05, 0.1) is 6.20 Å². The number of aromatic nitrogens is 2. The van der Waals surface area contributed by atoms with Crippen LogP contribution in [-0.4, -0.2) is 38.8 Å². The Morgan fingerprint density at radius 2 is 2.21 bits per heavy atom. The summed E-state index contributed by atoms with van der Waals surface area (Å²) >= 11 is 1.13. The molecule has 0 aromatic carbocycles. The lowest BCUT2D eigenvalue weighted by Crippen LogP contribution is -2.48. The van der Waals surface area contributed by atoms with Crippen LogP contribution in [0.2, 0.25) is 0 Å². The van der Waals surface area contributed by atoms with Gasteiger partial charge >= 0.3 is 0 Å². The van der Waals surface area contributed by atoms with Crippen molar-refractivity contribution in [1.82, 2.24) is 14.5 Å². The molecule has 1 saturated carbocycles. The third kappa shape index (κ3) is 2.41. The lowest BCUT2D eigenvalue weighted by Gasteiger charge is -2.38. The molecule has 5 nitrogen and oxygen atoms in total. The fourth-order valence-corrected chi connectivity index (χ4v) is 3.75. The van der Waals surface area contributed by atoms with Gasteiger partial charge in [-0.05, 0) is 43.6 Å². The molecule has 0 radical (unpaired) electrons. The molecule has 19 heavy (non-hydrogen) atoms. The van der Waals surface area contributed by atoms with Gasteiger partial charge in [0.25, 0.3) is 5.91 Å². The number of piperidine rings is 1. The molecular formula is C13H17N3O2S. The smallest absolute Gasteiger partial charge is 0.267 e. The second kappa shape index (κ2) is 5.36. The van der Waals surface area contributed by atoms with E-state index in [1.54, 1.807) is 0 Å². The van der Waals surface area contributed by atoms with E-state index in [-0.39, 0.29) is 17.9 Å². The quantitative estimate of drug-likeness (QED) is 0.829. The van der Waals surface area contributed by atoms with Crippen LogP contribution in [0.15, 0.2) is 6.20 Å². The fourth-order valence-electron chi connectivity index (χ4n) is 3.28. The molecule has 102 valence electrons. The summed E-state index contributed by atoms with van der Waals surface area (Å²) in [5, 5.41) is 3.73. The van der Waals surface area contributed by atoms with Gasteiger partial charge in [0.2, 0.25) is 0 Å². The highest BCUT2D eigenvalue weighted by Crippen LogP contribution is 2.33. The van der Waals surface area contributed by atoms with Gasteiger partial charge in [0.1, 0.15) is 10.7 Å². The third-order valence-corrected chi connectivity index (χ3v) is 4.85. The van der Waals surface area contributed by atoms with E-state index in [1.165, 1.54) is 6.20 Å². The van der Waals surface area contributed by atoms with Gasteiger partial charge < -0.3 is 4.90 Å². The number of hydrogen-bond donors (Lipinski definition) is 0. The molecule has 1 aromatic heterocycles. The lowest BCUT2D eigenvalue weighted by molar-refractivity contribution is -0.122. The van der Waals surface area contributed by atoms with Crippen LogP contribution in [-0.2, 0) is 4.79 Å². The van der Waals surface area contributed by atoms with Crippen molar-refractivity contribution in [2.75, 3.05) is 6.54 Å². The van der Waals surface area contributed by atoms with Gasteiger partial charge in [-0.2, -0.15) is 0 Å². The van der Waals surface area contributed by atoms with Crippen molar-refractivity contribution >= 4 is 23.2 Å². The van der Waals surface area contributed by atoms with Gasteiger partial charge in [-0.15, -0.1) is 5.10 Å². The van der Waals surface area contributed by atoms with Crippen LogP contribution in [0.1, 0.15) is 48.2 Å². The first-order chi connectivity index (χ1) is 9.27. The second-order valence-corrected chi connectivity index (χ2v) is 6.09. The number of carbonyl (C=O) groups is 2. The largest absolute Gasteiger partial charge is 0.334 e. The predicted octanol–water partition coefficient (Wildman–Crippen LogP) is 1.90. The van der Waals surface area contributed by atoms with Crippen molar-refractivity contribution in [3.63, 3.8) is 0 Å². The highest BCUT2D eigenvalue weighted by molar-refractivity contribution is 7.07. The van der Waals surface area contributed by atoms with Crippen LogP contribution in [0.4, 0.5) is 0 Å². The van der Waals surface area contributed by atoms with Crippen LogP contribution < -0.4 is 0 Å². The van der Waals surface area contributed by atoms with E-state index in [0.717, 1.165) is 50.2 Å². The summed E-state index contributed by atoms with van der Waals surface area (Å²) < 4.78 is 3.75. The van der Waals surface area contributed by atoms with Crippen LogP contribution in [0, 0.1) is 5.92 Å². The molecular weight excluding hydrogens is 262 g/mol. The monoisotopic (exact) mass is 279 g/mol. The normalized spacial score (nSPS) is 27.8. The molecule has 1 saturated heterocycles. The SMILES string of the molecule is O=C1CCCC1C1CCCCN1C(=O)c1cnns1. The molecule has 6 heteroatoms. The van der Waals surface area contributed by atoms with Gasteiger partial charge in [-0.25, -0.2) is 0 Å². The van der Waals surface area contributed by atoms with Crippen molar-refractivity contribution in [2.24, 2.45) is 5.92 Å². The molecule has 2 aliphatic rings. The Balaban J connectivity index is 1.81. The Labute approximate surface area is 116 Å². The van der Waals surface area contributed by atoms with E-state index in [2.05, 4.69) is 9.59 Å². The Bertz CT molecular complexity index is 474. The molecule has 0 bridgehead atoms. The molecule has 1 amide bonds. The minimum absolute atomic E-state index is 0.000556. The maximum absolute atomic E-state index is 12.5. The number of likely N-dealkylation sites (tertiary alicyclic amines) is 1. The van der Waals surface area contributed by atoms with Crippen LogP contribution in [0.5, 0.6) is 0 Å². The van der Waals surface area contributed by atoms with Crippen molar-refractivity contribution in [3.8, 4) is 0 Å². The van der Waals surface area contributed by atoms with Crippen molar-refractivity contribution < 1.29 is 9.59 Å². The first kappa shape index (κ1) is 12.7. The zero-order chi connectivity index (χ0) is 13.2. The molecule has 2 fully saturated rings. The van der Waals surface area contributed by atoms with Gasteiger partial charge in [-0.3, -0.25) is 9.59 Å². The minimum atomic E-state index is -0.000556. The highest BCUT2D eigenvalue weighted by Gasteiger charge is 2.39. The molecule has 2 atom stereocenters. The molecule has 0 N–H and O–H groups in total. The molecule has 3 rings (SSSR count). The fraction of sp³-hybridized carbons (Fsp3) is 0.692. The van der Waals surface area contributed by atoms with Gasteiger partial charge in [0.15, 0.2) is 0 Å². The maximum atomic E-state index is 12.5. The van der Waals surface area contributed by atoms with E-state index in [0.29, 0.717) is 17.1 Å². The summed E-state index contributed by atoms with van der Waals surface area (Å²) in [6, 6.07) is 0.0957. The van der Waals surface area contributed by atoms with Crippen LogP contribution in [0.3, 0.4) is 0 Å². The molecule has 1 aliphatic heterocycles. The molecule has 1 aromatic rings. The first-order valence-electron chi connectivity index (χ1n) is 6.88. The lowest BCUT2D eigenvalue weighted by atomic mass is 9.88. The molecule has 2 heterocycles. The number of hydrogen-bond acceptors (Lipinski definition) is 5. The zero-order valence-corrected chi connectivity index (χ0v) is 11.6. The van der Waals surface area contributed by atoms with E-state index in [4.69, 9.17) is 0 Å². The number of rotatable bonds is 2. The number of amides is 1. The third-order valence-electron chi connectivity index (χ3n) is 4.20. The summed E-state index contributed by atoms with van der Waals surface area (Å²) in [6.45, 7) is 0.755. The Kier molecular flexibility index (Phi) is 3.59. The topological polar surface area (TPSA) is 63.2 Å². The number of nitrogens with zero attached hydrogens (tertiary/aromatic N) is 3. The first-order valence-corrected chi connectivity index (χ1v) is 7.66. The standard InChI is InChI=1S/C13H17N3O2S/c17-11-6-3-4-9(11)10-5-1-2-7-16(10)13(18)12-8-14-15-19-12/h8-10H,1-7H2. The Hall–Kier alpha value is -1.30. The number of ketones is 1.